The Morgan fingerprint density at radius 3 is 1.67 bits per heavy atom. The van der Waals surface area contributed by atoms with Crippen molar-refractivity contribution in [3.8, 4) is 0 Å². The molecule has 0 aromatic carbocycles. The summed E-state index contributed by atoms with van der Waals surface area (Å²) in [7, 11) is 0. The number of aliphatic carboxylic acids is 1. The number of carboxylic acid groups (broad SMARTS) is 1. The average molecular weight is 170 g/mol. The molecule has 0 aliphatic heterocycles. The fourth-order valence-electron chi connectivity index (χ4n) is 0. The van der Waals surface area contributed by atoms with Crippen LogP contribution in [0.5, 0.6) is 0 Å². The van der Waals surface area contributed by atoms with Gasteiger partial charge in [0.2, 0.25) is 0 Å². The molecule has 0 saturated heterocycles. The third-order valence-corrected chi connectivity index (χ3v) is 0.386. The van der Waals surface area contributed by atoms with E-state index in [9.17, 15) is 8.78 Å². The fraction of sp³-hybridized carbons (Fsp3) is 0.500. The Kier molecular flexibility index (Phi) is 9.72. The first kappa shape index (κ1) is 16.3. The van der Waals surface area contributed by atoms with Crippen LogP contribution in [0, 0.1) is 0 Å². The van der Waals surface area contributed by atoms with Crippen molar-refractivity contribution < 1.29 is 53.7 Å². The molecule has 0 aliphatic rings. The Morgan fingerprint density at radius 2 is 1.67 bits per heavy atom. The van der Waals surface area contributed by atoms with Crippen LogP contribution < -0.4 is 34.7 Å². The molecule has 0 aliphatic carbocycles. The van der Waals surface area contributed by atoms with Gasteiger partial charge in [-0.25, -0.2) is 0 Å². The molecule has 0 aromatic heterocycles. The summed E-state index contributed by atoms with van der Waals surface area (Å²) in [5, 5.41) is 4.81. The third-order valence-electron chi connectivity index (χ3n) is 0.231. The summed E-state index contributed by atoms with van der Waals surface area (Å²) in [6, 6.07) is 0. The van der Waals surface area contributed by atoms with Crippen LogP contribution in [0.2, 0.25) is 0 Å². The summed E-state index contributed by atoms with van der Waals surface area (Å²) in [6.45, 7) is 0. The molecule has 0 heterocycles. The van der Waals surface area contributed by atoms with E-state index >= 15 is 0 Å². The quantitative estimate of drug-likeness (QED) is 0.295. The van der Waals surface area contributed by atoms with E-state index in [0.29, 0.717) is 0 Å². The number of hydrogen-bond acceptors (Lipinski definition) is 2. The minimum atomic E-state index is -4.22. The van der Waals surface area contributed by atoms with Gasteiger partial charge in [0.1, 0.15) is 5.97 Å². The van der Waals surface area contributed by atoms with Crippen molar-refractivity contribution >= 4 is 17.6 Å². The van der Waals surface area contributed by atoms with Gasteiger partial charge in [0.05, 0.1) is 0 Å². The molecule has 0 radical (unpaired) electrons. The topological polar surface area (TPSA) is 71.6 Å². The number of carbonyl (C=O) groups is 1. The van der Waals surface area contributed by atoms with Crippen molar-refractivity contribution in [1.29, 1.82) is 0 Å². The number of halogens is 3. The minimum absolute atomic E-state index is 0. The predicted octanol–water partition coefficient (Wildman–Crippen LogP) is -4.25. The SMILES string of the molecule is O.O=C([O-])C(F)(F)Cl.[Na+]. The van der Waals surface area contributed by atoms with Gasteiger partial charge in [0.15, 0.2) is 0 Å². The molecule has 0 rings (SSSR count). The Morgan fingerprint density at radius 1 is 1.56 bits per heavy atom. The molecule has 0 saturated carbocycles. The zero-order chi connectivity index (χ0) is 6.08. The summed E-state index contributed by atoms with van der Waals surface area (Å²) in [6.07, 6.45) is 0. The monoisotopic (exact) mass is 170 g/mol. The smallest absolute Gasteiger partial charge is 0.543 e. The van der Waals surface area contributed by atoms with Crippen molar-refractivity contribution in [3.05, 3.63) is 0 Å². The molecule has 0 atom stereocenters. The maximum absolute atomic E-state index is 10.9. The molecule has 0 spiro atoms. The molecule has 2 N–H and O–H groups in total. The normalized spacial score (nSPS) is 8.78. The third kappa shape index (κ3) is 8.58. The maximum Gasteiger partial charge on any atom is 1.00 e. The van der Waals surface area contributed by atoms with Gasteiger partial charge < -0.3 is 15.4 Å². The molecule has 0 bridgehead atoms. The molecule has 3 nitrogen and oxygen atoms in total. The Balaban J connectivity index is -0.000000180. The fourth-order valence-corrected chi connectivity index (χ4v) is 0. The Bertz CT molecular complexity index is 92.3. The second kappa shape index (κ2) is 5.37. The van der Waals surface area contributed by atoms with Crippen molar-refractivity contribution in [1.82, 2.24) is 0 Å². The first-order valence-electron chi connectivity index (χ1n) is 1.23. The van der Waals surface area contributed by atoms with Gasteiger partial charge in [0.25, 0.3) is 0 Å². The van der Waals surface area contributed by atoms with Gasteiger partial charge >= 0.3 is 34.9 Å². The van der Waals surface area contributed by atoms with Gasteiger partial charge in [-0.05, 0) is 11.6 Å². The van der Waals surface area contributed by atoms with Gasteiger partial charge in [-0.15, -0.1) is 0 Å². The molecular weight excluding hydrogens is 168 g/mol. The van der Waals surface area contributed by atoms with Crippen LogP contribution in [-0.4, -0.2) is 16.8 Å². The molecule has 7 heteroatoms. The van der Waals surface area contributed by atoms with E-state index in [0.717, 1.165) is 0 Å². The summed E-state index contributed by atoms with van der Waals surface area (Å²) >= 11 is 3.87. The summed E-state index contributed by atoms with van der Waals surface area (Å²) in [5.74, 6) is -2.57. The number of alkyl halides is 3. The first-order valence-corrected chi connectivity index (χ1v) is 1.60. The van der Waals surface area contributed by atoms with Crippen molar-refractivity contribution in [2.45, 2.75) is 5.38 Å². The maximum atomic E-state index is 10.9. The van der Waals surface area contributed by atoms with E-state index < -0.39 is 11.4 Å². The van der Waals surface area contributed by atoms with Gasteiger partial charge in [0, 0.05) is 0 Å². The molecule has 0 aromatic rings. The first-order chi connectivity index (χ1) is 2.94. The van der Waals surface area contributed by atoms with E-state index in [2.05, 4.69) is 11.6 Å². The van der Waals surface area contributed by atoms with E-state index in [-0.39, 0.29) is 35.0 Å². The van der Waals surface area contributed by atoms with Gasteiger partial charge in [-0.3, -0.25) is 0 Å². The Hall–Kier alpha value is 0.580. The van der Waals surface area contributed by atoms with Crippen LogP contribution in [0.1, 0.15) is 0 Å². The number of hydrogen-bond donors (Lipinski definition) is 0. The standard InChI is InChI=1S/C2HClF2O2.Na.H2O/c3-2(4,5)1(6)7;;/h(H,6,7);;1H2/q;+1;/p-1. The van der Waals surface area contributed by atoms with E-state index in [4.69, 9.17) is 9.90 Å². The van der Waals surface area contributed by atoms with Crippen LogP contribution in [0.3, 0.4) is 0 Å². The number of rotatable bonds is 1. The van der Waals surface area contributed by atoms with Crippen molar-refractivity contribution in [3.63, 3.8) is 0 Å². The van der Waals surface area contributed by atoms with Crippen LogP contribution in [-0.2, 0) is 4.79 Å². The van der Waals surface area contributed by atoms with Crippen molar-refractivity contribution in [2.24, 2.45) is 0 Å². The van der Waals surface area contributed by atoms with E-state index in [1.165, 1.54) is 0 Å². The van der Waals surface area contributed by atoms with E-state index in [1.54, 1.807) is 0 Å². The molecule has 0 amide bonds. The zero-order valence-electron chi connectivity index (χ0n) is 4.45. The minimum Gasteiger partial charge on any atom is -0.543 e. The Labute approximate surface area is 76.6 Å². The molecule has 50 valence electrons. The summed E-state index contributed by atoms with van der Waals surface area (Å²) < 4.78 is 21.9. The molecule has 0 fully saturated rings. The second-order valence-electron chi connectivity index (χ2n) is 0.785. The van der Waals surface area contributed by atoms with Crippen LogP contribution in [0.15, 0.2) is 0 Å². The van der Waals surface area contributed by atoms with Gasteiger partial charge in [-0.1, -0.05) is 0 Å². The van der Waals surface area contributed by atoms with E-state index in [1.807, 2.05) is 0 Å². The van der Waals surface area contributed by atoms with Crippen LogP contribution in [0.4, 0.5) is 8.78 Å². The second-order valence-corrected chi connectivity index (χ2v) is 1.26. The summed E-state index contributed by atoms with van der Waals surface area (Å²) in [5.41, 5.74) is 0. The van der Waals surface area contributed by atoms with Gasteiger partial charge in [-0.2, -0.15) is 8.78 Å². The van der Waals surface area contributed by atoms with Crippen molar-refractivity contribution in [2.75, 3.05) is 0 Å². The predicted molar refractivity (Wildman–Crippen MR) is 19.4 cm³/mol. The largest absolute Gasteiger partial charge is 1.00 e. The molecule has 9 heavy (non-hydrogen) atoms. The zero-order valence-corrected chi connectivity index (χ0v) is 7.21. The molecular formula is C2H2ClF2NaO3. The van der Waals surface area contributed by atoms with Crippen LogP contribution in [0.25, 0.3) is 0 Å². The number of carbonyl (C=O) groups excluding carboxylic acids is 1. The summed E-state index contributed by atoms with van der Waals surface area (Å²) in [4.78, 5) is 9.03. The number of carboxylic acids is 1. The molecule has 0 unspecified atom stereocenters. The average Bonchev–Trinajstić information content (AvgIpc) is 1.31. The van der Waals surface area contributed by atoms with Crippen LogP contribution >= 0.6 is 11.6 Å².